The Bertz CT molecular complexity index is 1190. The van der Waals surface area contributed by atoms with Crippen molar-refractivity contribution in [3.05, 3.63) is 46.2 Å². The highest BCUT2D eigenvalue weighted by Crippen LogP contribution is 2.26. The number of likely N-dealkylation sites (tertiary alicyclic amines) is 1. The number of aromatic nitrogens is 2. The average molecular weight is 515 g/mol. The summed E-state index contributed by atoms with van der Waals surface area (Å²) in [4.78, 5) is 39.2. The van der Waals surface area contributed by atoms with Crippen LogP contribution in [-0.4, -0.2) is 63.4 Å². The van der Waals surface area contributed by atoms with E-state index >= 15 is 0 Å². The Kier molecular flexibility index (Phi) is 7.05. The van der Waals surface area contributed by atoms with E-state index in [0.29, 0.717) is 50.6 Å². The zero-order valence-corrected chi connectivity index (χ0v) is 21.4. The third kappa shape index (κ3) is 5.85. The third-order valence-electron chi connectivity index (χ3n) is 6.18. The second-order valence-corrected chi connectivity index (χ2v) is 10.4. The Morgan fingerprint density at radius 3 is 2.44 bits per heavy atom. The molecule has 2 amide bonds. The van der Waals surface area contributed by atoms with E-state index in [-0.39, 0.29) is 39.5 Å². The van der Waals surface area contributed by atoms with E-state index in [1.54, 1.807) is 0 Å². The van der Waals surface area contributed by atoms with Gasteiger partial charge in [0.05, 0.1) is 17.7 Å². The van der Waals surface area contributed by atoms with Gasteiger partial charge in [0.2, 0.25) is 0 Å². The number of benzene rings is 1. The maximum absolute atomic E-state index is 13.0. The van der Waals surface area contributed by atoms with Gasteiger partial charge in [0.1, 0.15) is 0 Å². The Labute approximate surface area is 214 Å². The maximum Gasteiger partial charge on any atom is 0.302 e. The van der Waals surface area contributed by atoms with Gasteiger partial charge < -0.3 is 31.7 Å². The number of nitrogen functional groups attached to an aromatic ring is 2. The molecule has 36 heavy (non-hydrogen) atoms. The summed E-state index contributed by atoms with van der Waals surface area (Å²) in [6.07, 6.45) is 1.40. The molecule has 0 aliphatic carbocycles. The zero-order chi connectivity index (χ0) is 26.1. The molecule has 2 saturated heterocycles. The summed E-state index contributed by atoms with van der Waals surface area (Å²) < 4.78 is 5.80. The molecule has 1 aromatic heterocycles. The van der Waals surface area contributed by atoms with Crippen molar-refractivity contribution >= 4 is 41.0 Å². The molecule has 6 N–H and O–H groups in total. The Morgan fingerprint density at radius 1 is 1.14 bits per heavy atom. The number of nitrogens with one attached hydrogen (secondary N) is 2. The zero-order valence-electron chi connectivity index (χ0n) is 20.6. The van der Waals surface area contributed by atoms with E-state index < -0.39 is 5.91 Å². The monoisotopic (exact) mass is 514 g/mol. The summed E-state index contributed by atoms with van der Waals surface area (Å²) in [5.74, 6) is -0.556. The van der Waals surface area contributed by atoms with Crippen molar-refractivity contribution in [3.8, 4) is 0 Å². The molecule has 2 aromatic rings. The predicted molar refractivity (Wildman–Crippen MR) is 138 cm³/mol. The number of nitrogens with zero attached hydrogens (tertiary/aromatic N) is 4. The fraction of sp³-hybridized carbons (Fsp3) is 0.458. The van der Waals surface area contributed by atoms with E-state index in [9.17, 15) is 9.59 Å². The second kappa shape index (κ2) is 9.90. The van der Waals surface area contributed by atoms with Crippen LogP contribution in [0.3, 0.4) is 0 Å². The number of guanidine groups is 1. The number of carbonyl (C=O) groups excluding carboxylic acids is 2. The lowest BCUT2D eigenvalue weighted by atomic mass is 9.88. The first-order valence-corrected chi connectivity index (χ1v) is 12.1. The van der Waals surface area contributed by atoms with E-state index in [4.69, 9.17) is 27.8 Å². The minimum atomic E-state index is -0.682. The summed E-state index contributed by atoms with van der Waals surface area (Å²) in [7, 11) is 0. The van der Waals surface area contributed by atoms with Gasteiger partial charge in [-0.25, -0.2) is 9.97 Å². The fourth-order valence-electron chi connectivity index (χ4n) is 4.08. The molecule has 0 radical (unpaired) electrons. The van der Waals surface area contributed by atoms with Crippen molar-refractivity contribution < 1.29 is 14.3 Å². The molecular weight excluding hydrogens is 484 g/mol. The van der Waals surface area contributed by atoms with Crippen LogP contribution in [0.15, 0.2) is 29.3 Å². The molecule has 0 saturated carbocycles. The van der Waals surface area contributed by atoms with Crippen LogP contribution in [-0.2, 0) is 11.3 Å². The summed E-state index contributed by atoms with van der Waals surface area (Å²) in [5, 5.41) is 6.32. The van der Waals surface area contributed by atoms with Crippen LogP contribution in [0.5, 0.6) is 0 Å². The van der Waals surface area contributed by atoms with Gasteiger partial charge in [-0.2, -0.15) is 4.99 Å². The average Bonchev–Trinajstić information content (AvgIpc) is 3.21. The van der Waals surface area contributed by atoms with Crippen molar-refractivity contribution in [2.75, 3.05) is 31.1 Å². The van der Waals surface area contributed by atoms with Crippen LogP contribution < -0.4 is 22.1 Å². The van der Waals surface area contributed by atoms with Crippen LogP contribution in [0.2, 0.25) is 5.15 Å². The minimum Gasteiger partial charge on any atom is -0.382 e. The van der Waals surface area contributed by atoms with Crippen LogP contribution >= 0.6 is 11.6 Å². The number of hydrogen-bond donors (Lipinski definition) is 4. The number of hydrogen-bond acceptors (Lipinski definition) is 7. The summed E-state index contributed by atoms with van der Waals surface area (Å²) in [5.41, 5.74) is 12.3. The Hall–Kier alpha value is -3.44. The van der Waals surface area contributed by atoms with Gasteiger partial charge in [0.25, 0.3) is 5.91 Å². The number of anilines is 2. The molecule has 2 aliphatic heterocycles. The lowest BCUT2D eigenvalue weighted by Gasteiger charge is -2.38. The predicted octanol–water partition coefficient (Wildman–Crippen LogP) is 1.97. The number of ether oxygens (including phenoxy) is 1. The Morgan fingerprint density at radius 2 is 1.81 bits per heavy atom. The standard InChI is InChI=1S/C24H31ClN8O3/c1-23(2,3)36-12-14-4-6-15(7-5-14)21(35)33-10-8-24(9-11-33)13-28-22(32-24)31-20(34)16-18(26)30-19(27)17(25)29-16/h4-7H,8-13H2,1-3H3,(H4,26,27,30)(H2,28,31,32,34). The molecule has 0 unspecified atom stereocenters. The molecule has 12 heteroatoms. The van der Waals surface area contributed by atoms with Crippen LogP contribution in [0.4, 0.5) is 11.6 Å². The van der Waals surface area contributed by atoms with Crippen LogP contribution in [0.25, 0.3) is 0 Å². The number of nitrogens with two attached hydrogens (primary N) is 2. The third-order valence-corrected chi connectivity index (χ3v) is 6.46. The second-order valence-electron chi connectivity index (χ2n) is 10.0. The summed E-state index contributed by atoms with van der Waals surface area (Å²) in [6.45, 7) is 8.26. The SMILES string of the molecule is CC(C)(C)OCc1ccc(C(=O)N2CCC3(CC2)CN/C(=N\C(=O)c2nc(Cl)c(N)nc2N)N3)cc1. The van der Waals surface area contributed by atoms with Crippen molar-refractivity contribution in [2.24, 2.45) is 4.99 Å². The van der Waals surface area contributed by atoms with Gasteiger partial charge in [-0.3, -0.25) is 9.59 Å². The molecule has 3 heterocycles. The van der Waals surface area contributed by atoms with Crippen LogP contribution in [0.1, 0.15) is 60.0 Å². The molecule has 1 spiro atoms. The van der Waals surface area contributed by atoms with Gasteiger partial charge >= 0.3 is 5.91 Å². The van der Waals surface area contributed by atoms with Crippen molar-refractivity contribution in [3.63, 3.8) is 0 Å². The number of carbonyl (C=O) groups is 2. The molecule has 0 atom stereocenters. The molecule has 192 valence electrons. The first kappa shape index (κ1) is 25.6. The molecular formula is C24H31ClN8O3. The molecule has 11 nitrogen and oxygen atoms in total. The van der Waals surface area contributed by atoms with Gasteiger partial charge in [0.15, 0.2) is 28.4 Å². The first-order chi connectivity index (χ1) is 16.9. The first-order valence-electron chi connectivity index (χ1n) is 11.7. The topological polar surface area (TPSA) is 161 Å². The molecule has 2 fully saturated rings. The van der Waals surface area contributed by atoms with Gasteiger partial charge in [-0.15, -0.1) is 0 Å². The quantitative estimate of drug-likeness (QED) is 0.478. The number of piperidine rings is 1. The highest BCUT2D eigenvalue weighted by atomic mass is 35.5. The highest BCUT2D eigenvalue weighted by molar-refractivity contribution is 6.31. The molecule has 1 aromatic carbocycles. The van der Waals surface area contributed by atoms with E-state index in [1.165, 1.54) is 0 Å². The van der Waals surface area contributed by atoms with Gasteiger partial charge in [-0.1, -0.05) is 23.7 Å². The fourth-order valence-corrected chi connectivity index (χ4v) is 4.21. The highest BCUT2D eigenvalue weighted by Gasteiger charge is 2.41. The van der Waals surface area contributed by atoms with Crippen molar-refractivity contribution in [2.45, 2.75) is 51.4 Å². The summed E-state index contributed by atoms with van der Waals surface area (Å²) in [6, 6.07) is 7.55. The Balaban J connectivity index is 1.33. The summed E-state index contributed by atoms with van der Waals surface area (Å²) >= 11 is 5.86. The van der Waals surface area contributed by atoms with Crippen LogP contribution in [0, 0.1) is 0 Å². The van der Waals surface area contributed by atoms with Crippen molar-refractivity contribution in [1.82, 2.24) is 25.5 Å². The molecule has 4 rings (SSSR count). The molecule has 2 aliphatic rings. The lowest BCUT2D eigenvalue weighted by molar-refractivity contribution is -0.0149. The van der Waals surface area contributed by atoms with Gasteiger partial charge in [0, 0.05) is 25.2 Å². The smallest absolute Gasteiger partial charge is 0.302 e. The van der Waals surface area contributed by atoms with E-state index in [2.05, 4.69) is 25.6 Å². The largest absolute Gasteiger partial charge is 0.382 e. The minimum absolute atomic E-state index is 0.00237. The number of rotatable bonds is 4. The van der Waals surface area contributed by atoms with Crippen molar-refractivity contribution in [1.29, 1.82) is 0 Å². The number of halogens is 1. The maximum atomic E-state index is 13.0. The van der Waals surface area contributed by atoms with E-state index in [1.807, 2.05) is 49.9 Å². The molecule has 0 bridgehead atoms. The number of aliphatic imine (C=N–C) groups is 1. The lowest BCUT2D eigenvalue weighted by Crippen LogP contribution is -2.53. The number of amides is 2. The van der Waals surface area contributed by atoms with Gasteiger partial charge in [-0.05, 0) is 51.3 Å². The van der Waals surface area contributed by atoms with E-state index in [0.717, 1.165) is 5.56 Å². The normalized spacial score (nSPS) is 18.2.